The van der Waals surface area contributed by atoms with E-state index < -0.39 is 8.32 Å². The highest BCUT2D eigenvalue weighted by molar-refractivity contribution is 6.74. The molecule has 0 saturated heterocycles. The minimum atomic E-state index is -1.91. The van der Waals surface area contributed by atoms with Crippen LogP contribution in [0.15, 0.2) is 45.6 Å². The molecule has 0 atom stereocenters. The van der Waals surface area contributed by atoms with Gasteiger partial charge in [-0.25, -0.2) is 4.98 Å². The second kappa shape index (κ2) is 5.20. The average molecular weight is 327 g/mol. The van der Waals surface area contributed by atoms with Crippen LogP contribution in [0.3, 0.4) is 0 Å². The Morgan fingerprint density at radius 3 is 2.52 bits per heavy atom. The van der Waals surface area contributed by atoms with Gasteiger partial charge in [-0.2, -0.15) is 0 Å². The Morgan fingerprint density at radius 1 is 1.09 bits per heavy atom. The van der Waals surface area contributed by atoms with Gasteiger partial charge in [-0.15, -0.1) is 0 Å². The van der Waals surface area contributed by atoms with Crippen molar-refractivity contribution in [3.8, 4) is 17.2 Å². The first-order valence-corrected chi connectivity index (χ1v) is 10.6. The van der Waals surface area contributed by atoms with Crippen molar-refractivity contribution < 1.29 is 8.84 Å². The fraction of sp³-hybridized carbons (Fsp3) is 0.333. The first-order valence-electron chi connectivity index (χ1n) is 7.69. The van der Waals surface area contributed by atoms with Crippen molar-refractivity contribution in [1.82, 2.24) is 4.98 Å². The van der Waals surface area contributed by atoms with Gasteiger partial charge >= 0.3 is 0 Å². The quantitative estimate of drug-likeness (QED) is 0.507. The number of hydrogen-bond acceptors (Lipinski definition) is 4. The van der Waals surface area contributed by atoms with Crippen LogP contribution in [-0.2, 0) is 0 Å². The molecule has 0 bridgehead atoms. The number of benzene rings is 2. The van der Waals surface area contributed by atoms with Gasteiger partial charge in [0.15, 0.2) is 16.8 Å². The van der Waals surface area contributed by atoms with Crippen molar-refractivity contribution in [2.75, 3.05) is 0 Å². The van der Waals surface area contributed by atoms with Gasteiger partial charge in [-0.3, -0.25) is 4.79 Å². The van der Waals surface area contributed by atoms with E-state index in [-0.39, 0.29) is 10.5 Å². The molecule has 0 amide bonds. The normalized spacial score (nSPS) is 12.7. The molecule has 1 aliphatic carbocycles. The molecule has 0 saturated carbocycles. The molecule has 1 aliphatic heterocycles. The number of aromatic nitrogens is 1. The Hall–Kier alpha value is -2.14. The lowest BCUT2D eigenvalue weighted by molar-refractivity contribution is 0.491. The molecule has 0 spiro atoms. The zero-order chi connectivity index (χ0) is 16.8. The molecule has 0 radical (unpaired) electrons. The van der Waals surface area contributed by atoms with Gasteiger partial charge in [0, 0.05) is 12.1 Å². The van der Waals surface area contributed by atoms with E-state index in [1.807, 2.05) is 18.2 Å². The largest absolute Gasteiger partial charge is 0.543 e. The van der Waals surface area contributed by atoms with Crippen LogP contribution in [0, 0.1) is 0 Å². The second-order valence-electron chi connectivity index (χ2n) is 7.34. The average Bonchev–Trinajstić information content (AvgIpc) is 2.43. The molecule has 3 rings (SSSR count). The molecule has 0 aromatic heterocycles. The summed E-state index contributed by atoms with van der Waals surface area (Å²) in [7, 11) is -1.91. The Kier molecular flexibility index (Phi) is 3.56. The first kappa shape index (κ1) is 15.7. The van der Waals surface area contributed by atoms with Crippen LogP contribution in [0.5, 0.6) is 5.75 Å². The first-order chi connectivity index (χ1) is 10.7. The second-order valence-corrected chi connectivity index (χ2v) is 12.1. The summed E-state index contributed by atoms with van der Waals surface area (Å²) in [6.45, 7) is 11.0. The van der Waals surface area contributed by atoms with E-state index in [1.54, 1.807) is 6.07 Å². The minimum absolute atomic E-state index is 0.0870. The van der Waals surface area contributed by atoms with Crippen molar-refractivity contribution in [2.24, 2.45) is 0 Å². The monoisotopic (exact) mass is 327 g/mol. The van der Waals surface area contributed by atoms with Gasteiger partial charge in [0.2, 0.25) is 8.32 Å². The minimum Gasteiger partial charge on any atom is -0.543 e. The lowest BCUT2D eigenvalue weighted by atomic mass is 10.2. The molecule has 0 N–H and O–H groups in total. The molecule has 0 unspecified atom stereocenters. The van der Waals surface area contributed by atoms with Gasteiger partial charge in [0.05, 0.1) is 0 Å². The van der Waals surface area contributed by atoms with Crippen LogP contribution in [0.4, 0.5) is 0 Å². The van der Waals surface area contributed by atoms with Crippen molar-refractivity contribution >= 4 is 19.4 Å². The topological polar surface area (TPSA) is 52.3 Å². The van der Waals surface area contributed by atoms with E-state index in [1.165, 1.54) is 12.1 Å². The van der Waals surface area contributed by atoms with Gasteiger partial charge in [-0.1, -0.05) is 20.8 Å². The lowest BCUT2D eigenvalue weighted by Crippen LogP contribution is -2.43. The number of fused-ring (bicyclic) bond motifs is 2. The molecule has 1 heterocycles. The summed E-state index contributed by atoms with van der Waals surface area (Å²) in [5, 5.41) is 0.123. The van der Waals surface area contributed by atoms with Crippen molar-refractivity contribution in [3.63, 3.8) is 0 Å². The third-order valence-electron chi connectivity index (χ3n) is 4.50. The Morgan fingerprint density at radius 2 is 1.83 bits per heavy atom. The zero-order valence-corrected chi connectivity index (χ0v) is 15.1. The summed E-state index contributed by atoms with van der Waals surface area (Å²) < 4.78 is 12.1. The summed E-state index contributed by atoms with van der Waals surface area (Å²) in [6, 6.07) is 10.3. The van der Waals surface area contributed by atoms with Gasteiger partial charge in [-0.05, 0) is 42.4 Å². The van der Waals surface area contributed by atoms with Crippen molar-refractivity contribution in [3.05, 3.63) is 46.6 Å². The SMILES string of the molecule is CC(C)(C)[Si](C)(C)Oc1ccc2nc3ccc(=O)cc-3oc2c1. The van der Waals surface area contributed by atoms with E-state index in [2.05, 4.69) is 38.8 Å². The molecule has 4 nitrogen and oxygen atoms in total. The summed E-state index contributed by atoms with van der Waals surface area (Å²) in [6.07, 6.45) is 0. The van der Waals surface area contributed by atoms with E-state index in [4.69, 9.17) is 8.84 Å². The molecule has 23 heavy (non-hydrogen) atoms. The highest BCUT2D eigenvalue weighted by atomic mass is 28.4. The highest BCUT2D eigenvalue weighted by Crippen LogP contribution is 2.38. The molecular weight excluding hydrogens is 306 g/mol. The molecule has 1 aromatic carbocycles. The van der Waals surface area contributed by atoms with Crippen LogP contribution in [0.25, 0.3) is 22.6 Å². The highest BCUT2D eigenvalue weighted by Gasteiger charge is 2.39. The summed E-state index contributed by atoms with van der Waals surface area (Å²) in [5.74, 6) is 1.28. The molecular formula is C18H21NO3Si. The molecule has 1 aromatic rings. The lowest BCUT2D eigenvalue weighted by Gasteiger charge is -2.36. The van der Waals surface area contributed by atoms with Crippen molar-refractivity contribution in [1.29, 1.82) is 0 Å². The Bertz CT molecular complexity index is 893. The maximum Gasteiger partial charge on any atom is 0.250 e. The molecule has 2 aliphatic rings. The van der Waals surface area contributed by atoms with Crippen LogP contribution in [0.2, 0.25) is 18.1 Å². The number of nitrogens with zero attached hydrogens (tertiary/aromatic N) is 1. The van der Waals surface area contributed by atoms with E-state index in [0.717, 1.165) is 11.3 Å². The van der Waals surface area contributed by atoms with Crippen LogP contribution in [-0.4, -0.2) is 13.3 Å². The summed E-state index contributed by atoms with van der Waals surface area (Å²) in [4.78, 5) is 16.0. The number of hydrogen-bond donors (Lipinski definition) is 0. The fourth-order valence-electron chi connectivity index (χ4n) is 2.10. The third-order valence-corrected chi connectivity index (χ3v) is 8.86. The maximum absolute atomic E-state index is 11.5. The predicted molar refractivity (Wildman–Crippen MR) is 94.7 cm³/mol. The van der Waals surface area contributed by atoms with E-state index in [0.29, 0.717) is 17.0 Å². The summed E-state index contributed by atoms with van der Waals surface area (Å²) in [5.41, 5.74) is 1.96. The van der Waals surface area contributed by atoms with Crippen LogP contribution >= 0.6 is 0 Å². The Labute approximate surface area is 136 Å². The summed E-state index contributed by atoms with van der Waals surface area (Å²) >= 11 is 0. The zero-order valence-electron chi connectivity index (χ0n) is 14.1. The smallest absolute Gasteiger partial charge is 0.250 e. The maximum atomic E-state index is 11.5. The van der Waals surface area contributed by atoms with E-state index >= 15 is 0 Å². The Balaban J connectivity index is 2.07. The molecule has 5 heteroatoms. The van der Waals surface area contributed by atoms with Gasteiger partial charge < -0.3 is 8.84 Å². The van der Waals surface area contributed by atoms with E-state index in [9.17, 15) is 4.79 Å². The van der Waals surface area contributed by atoms with Gasteiger partial charge in [0.25, 0.3) is 0 Å². The molecule has 120 valence electrons. The van der Waals surface area contributed by atoms with Crippen LogP contribution < -0.4 is 9.85 Å². The van der Waals surface area contributed by atoms with Gasteiger partial charge in [0.1, 0.15) is 17.0 Å². The van der Waals surface area contributed by atoms with Crippen LogP contribution in [0.1, 0.15) is 20.8 Å². The fourth-order valence-corrected chi connectivity index (χ4v) is 3.12. The third kappa shape index (κ3) is 3.01. The molecule has 0 fully saturated rings. The number of rotatable bonds is 2. The standard InChI is InChI=1S/C18H21NO3Si/c1-18(2,3)23(4,5)22-13-7-9-15-17(11-13)21-16-10-12(20)6-8-14(16)19-15/h6-11H,1-5H3. The predicted octanol–water partition coefficient (Wildman–Crippen LogP) is 4.68. The van der Waals surface area contributed by atoms with Crippen molar-refractivity contribution in [2.45, 2.75) is 38.9 Å².